The van der Waals surface area contributed by atoms with Crippen molar-refractivity contribution in [2.24, 2.45) is 16.6 Å². The molecule has 0 radical (unpaired) electrons. The van der Waals surface area contributed by atoms with E-state index in [1.807, 2.05) is 13.1 Å². The van der Waals surface area contributed by atoms with Gasteiger partial charge in [0.15, 0.2) is 5.96 Å². The molecule has 23 heavy (non-hydrogen) atoms. The molecule has 126 valence electrons. The monoisotopic (exact) mass is 338 g/mol. The van der Waals surface area contributed by atoms with E-state index in [2.05, 4.69) is 21.8 Å². The number of rotatable bonds is 4. The van der Waals surface area contributed by atoms with Gasteiger partial charge in [-0.15, -0.1) is 0 Å². The molecular weight excluding hydrogens is 315 g/mol. The Morgan fingerprint density at radius 3 is 2.83 bits per heavy atom. The van der Waals surface area contributed by atoms with E-state index < -0.39 is 0 Å². The molecule has 0 unspecified atom stereocenters. The lowest BCUT2D eigenvalue weighted by Gasteiger charge is -2.25. The van der Waals surface area contributed by atoms with E-state index in [1.165, 1.54) is 12.8 Å². The van der Waals surface area contributed by atoms with Crippen LogP contribution in [0.4, 0.5) is 4.39 Å². The lowest BCUT2D eigenvalue weighted by atomic mass is 9.94. The smallest absolute Gasteiger partial charge is 0.191 e. The van der Waals surface area contributed by atoms with Crippen LogP contribution in [0.2, 0.25) is 5.02 Å². The number of hydrogen-bond donors (Lipinski definition) is 1. The van der Waals surface area contributed by atoms with Gasteiger partial charge >= 0.3 is 0 Å². The van der Waals surface area contributed by atoms with Crippen molar-refractivity contribution in [1.29, 1.82) is 0 Å². The normalized spacial score (nSPS) is 25.8. The first-order chi connectivity index (χ1) is 11.0. The molecule has 2 N–H and O–H groups in total. The molecule has 1 aliphatic heterocycles. The van der Waals surface area contributed by atoms with E-state index in [9.17, 15) is 4.39 Å². The van der Waals surface area contributed by atoms with Crippen molar-refractivity contribution in [3.8, 4) is 0 Å². The van der Waals surface area contributed by atoms with Gasteiger partial charge in [-0.05, 0) is 56.5 Å². The maximum Gasteiger partial charge on any atom is 0.191 e. The highest BCUT2D eigenvalue weighted by molar-refractivity contribution is 6.30. The predicted molar refractivity (Wildman–Crippen MR) is 92.2 cm³/mol. The number of aliphatic imine (C=N–C) groups is 1. The van der Waals surface area contributed by atoms with Gasteiger partial charge in [-0.3, -0.25) is 9.89 Å². The second-order valence-corrected chi connectivity index (χ2v) is 7.10. The summed E-state index contributed by atoms with van der Waals surface area (Å²) in [5, 5.41) is 0.166. The SMILES string of the molecule is CN(C(N)=NC[C@@H]1CCN(C)[C@H]1c1ccc(Cl)c(F)c1)C1CC1. The molecule has 2 atom stereocenters. The van der Waals surface area contributed by atoms with Crippen molar-refractivity contribution in [3.63, 3.8) is 0 Å². The first kappa shape index (κ1) is 16.5. The molecule has 1 heterocycles. The largest absolute Gasteiger partial charge is 0.370 e. The zero-order valence-electron chi connectivity index (χ0n) is 13.7. The Balaban J connectivity index is 1.72. The Morgan fingerprint density at radius 2 is 2.17 bits per heavy atom. The average molecular weight is 339 g/mol. The van der Waals surface area contributed by atoms with E-state index in [0.29, 0.717) is 24.5 Å². The summed E-state index contributed by atoms with van der Waals surface area (Å²) in [5.41, 5.74) is 7.04. The molecule has 0 amide bonds. The van der Waals surface area contributed by atoms with E-state index >= 15 is 0 Å². The minimum absolute atomic E-state index is 0.157. The fraction of sp³-hybridized carbons (Fsp3) is 0.588. The Hall–Kier alpha value is -1.33. The highest BCUT2D eigenvalue weighted by Crippen LogP contribution is 2.37. The minimum atomic E-state index is -0.361. The highest BCUT2D eigenvalue weighted by Gasteiger charge is 2.33. The summed E-state index contributed by atoms with van der Waals surface area (Å²) in [5.74, 6) is 0.592. The molecule has 0 bridgehead atoms. The van der Waals surface area contributed by atoms with Gasteiger partial charge in [-0.2, -0.15) is 0 Å². The fourth-order valence-corrected chi connectivity index (χ4v) is 3.53. The summed E-state index contributed by atoms with van der Waals surface area (Å²) in [4.78, 5) is 8.91. The lowest BCUT2D eigenvalue weighted by molar-refractivity contribution is 0.279. The first-order valence-electron chi connectivity index (χ1n) is 8.15. The third kappa shape index (κ3) is 3.61. The standard InChI is InChI=1S/C17H24ClFN4/c1-22-8-7-12(10-21-17(20)23(2)13-4-5-13)16(22)11-3-6-14(18)15(19)9-11/h3,6,9,12-13,16H,4-5,7-8,10H2,1-2H3,(H2,20,21)/t12-,16-/m0/s1. The highest BCUT2D eigenvalue weighted by atomic mass is 35.5. The van der Waals surface area contributed by atoms with E-state index in [4.69, 9.17) is 17.3 Å². The van der Waals surface area contributed by atoms with Crippen LogP contribution < -0.4 is 5.73 Å². The van der Waals surface area contributed by atoms with Crippen molar-refractivity contribution in [3.05, 3.63) is 34.6 Å². The van der Waals surface area contributed by atoms with Gasteiger partial charge in [0, 0.05) is 25.7 Å². The average Bonchev–Trinajstić information content (AvgIpc) is 3.31. The molecule has 1 aromatic carbocycles. The Labute approximate surface area is 142 Å². The quantitative estimate of drug-likeness (QED) is 0.678. The number of likely N-dealkylation sites (tertiary alicyclic amines) is 1. The van der Waals surface area contributed by atoms with Gasteiger partial charge in [0.2, 0.25) is 0 Å². The van der Waals surface area contributed by atoms with Crippen molar-refractivity contribution >= 4 is 17.6 Å². The van der Waals surface area contributed by atoms with Crippen LogP contribution in [0.15, 0.2) is 23.2 Å². The summed E-state index contributed by atoms with van der Waals surface area (Å²) in [7, 11) is 4.07. The Kier molecular flexibility index (Phi) is 4.78. The molecule has 2 fully saturated rings. The number of nitrogens with two attached hydrogens (primary N) is 1. The van der Waals surface area contributed by atoms with Crippen molar-refractivity contribution in [1.82, 2.24) is 9.80 Å². The van der Waals surface area contributed by atoms with Gasteiger partial charge < -0.3 is 10.6 Å². The molecule has 1 aliphatic carbocycles. The molecule has 1 saturated carbocycles. The van der Waals surface area contributed by atoms with Crippen LogP contribution in [0.1, 0.15) is 30.9 Å². The number of benzene rings is 1. The summed E-state index contributed by atoms with van der Waals surface area (Å²) in [6, 6.07) is 5.81. The van der Waals surface area contributed by atoms with E-state index in [-0.39, 0.29) is 16.9 Å². The second kappa shape index (κ2) is 6.65. The summed E-state index contributed by atoms with van der Waals surface area (Å²) in [6.45, 7) is 1.65. The summed E-state index contributed by atoms with van der Waals surface area (Å²) < 4.78 is 13.8. The number of guanidine groups is 1. The Morgan fingerprint density at radius 1 is 1.43 bits per heavy atom. The van der Waals surface area contributed by atoms with Crippen molar-refractivity contribution < 1.29 is 4.39 Å². The zero-order chi connectivity index (χ0) is 16.6. The first-order valence-corrected chi connectivity index (χ1v) is 8.53. The molecule has 1 saturated heterocycles. The molecular formula is C17H24ClFN4. The van der Waals surface area contributed by atoms with Gasteiger partial charge in [-0.25, -0.2) is 4.39 Å². The van der Waals surface area contributed by atoms with Crippen LogP contribution >= 0.6 is 11.6 Å². The van der Waals surface area contributed by atoms with Crippen LogP contribution in [0.3, 0.4) is 0 Å². The maximum absolute atomic E-state index is 13.8. The van der Waals surface area contributed by atoms with Gasteiger partial charge in [0.25, 0.3) is 0 Å². The number of halogens is 2. The molecule has 6 heteroatoms. The third-order valence-electron chi connectivity index (χ3n) is 5.00. The second-order valence-electron chi connectivity index (χ2n) is 6.69. The third-order valence-corrected chi connectivity index (χ3v) is 5.31. The molecule has 4 nitrogen and oxygen atoms in total. The van der Waals surface area contributed by atoms with Crippen LogP contribution in [0, 0.1) is 11.7 Å². The maximum atomic E-state index is 13.8. The Bertz CT molecular complexity index is 602. The van der Waals surface area contributed by atoms with E-state index in [1.54, 1.807) is 12.1 Å². The van der Waals surface area contributed by atoms with Crippen molar-refractivity contribution in [2.45, 2.75) is 31.3 Å². The van der Waals surface area contributed by atoms with Gasteiger partial charge in [-0.1, -0.05) is 17.7 Å². The van der Waals surface area contributed by atoms with Crippen molar-refractivity contribution in [2.75, 3.05) is 27.2 Å². The van der Waals surface area contributed by atoms with Gasteiger partial charge in [0.05, 0.1) is 5.02 Å². The topological polar surface area (TPSA) is 44.9 Å². The predicted octanol–water partition coefficient (Wildman–Crippen LogP) is 2.88. The summed E-state index contributed by atoms with van der Waals surface area (Å²) in [6.07, 6.45) is 3.44. The molecule has 0 spiro atoms. The summed E-state index contributed by atoms with van der Waals surface area (Å²) >= 11 is 5.80. The number of hydrogen-bond acceptors (Lipinski definition) is 2. The lowest BCUT2D eigenvalue weighted by Crippen LogP contribution is -2.36. The van der Waals surface area contributed by atoms with Gasteiger partial charge in [0.1, 0.15) is 5.82 Å². The van der Waals surface area contributed by atoms with E-state index in [0.717, 1.165) is 18.5 Å². The molecule has 0 aromatic heterocycles. The fourth-order valence-electron chi connectivity index (χ4n) is 3.41. The van der Waals surface area contributed by atoms with Crippen LogP contribution in [0.25, 0.3) is 0 Å². The molecule has 3 rings (SSSR count). The van der Waals surface area contributed by atoms with Crippen LogP contribution in [-0.2, 0) is 0 Å². The van der Waals surface area contributed by atoms with Crippen LogP contribution in [0.5, 0.6) is 0 Å². The molecule has 1 aromatic rings. The molecule has 2 aliphatic rings. The van der Waals surface area contributed by atoms with Crippen LogP contribution in [-0.4, -0.2) is 49.0 Å². The minimum Gasteiger partial charge on any atom is -0.370 e. The zero-order valence-corrected chi connectivity index (χ0v) is 14.4. The number of nitrogens with zero attached hydrogens (tertiary/aromatic N) is 3.